The molecule has 2 aromatic carbocycles. The van der Waals surface area contributed by atoms with E-state index in [0.29, 0.717) is 23.6 Å². The first-order valence-electron chi connectivity index (χ1n) is 8.80. The predicted octanol–water partition coefficient (Wildman–Crippen LogP) is 5.32. The van der Waals surface area contributed by atoms with Crippen molar-refractivity contribution in [2.45, 2.75) is 0 Å². The molecule has 142 valence electrons. The predicted molar refractivity (Wildman–Crippen MR) is 111 cm³/mol. The van der Waals surface area contributed by atoms with E-state index in [-0.39, 0.29) is 5.88 Å². The summed E-state index contributed by atoms with van der Waals surface area (Å²) in [5, 5.41) is 4.76. The number of methoxy groups -OCH3 is 1. The number of nitrogens with zero attached hydrogens (tertiary/aromatic N) is 2. The number of carbonyl (C=O) groups excluding carboxylic acids is 1. The molecule has 0 spiro atoms. The number of fused-ring (bicyclic) bond motifs is 3. The van der Waals surface area contributed by atoms with Gasteiger partial charge in [-0.1, -0.05) is 24.3 Å². The second kappa shape index (κ2) is 7.03. The third kappa shape index (κ3) is 3.01. The number of para-hydroxylation sites is 1. The SMILES string of the molecule is COc1cc(-c2nc(-c3cccc(OC=O)n3)cs2)cc2c1oc1ccccc12. The minimum absolute atomic E-state index is 0.236. The Bertz CT molecular complexity index is 1360. The first-order chi connectivity index (χ1) is 14.3. The van der Waals surface area contributed by atoms with Crippen LogP contribution in [0.3, 0.4) is 0 Å². The zero-order chi connectivity index (χ0) is 19.8. The summed E-state index contributed by atoms with van der Waals surface area (Å²) >= 11 is 1.50. The van der Waals surface area contributed by atoms with Gasteiger partial charge in [0.2, 0.25) is 5.88 Å². The van der Waals surface area contributed by atoms with Crippen LogP contribution in [0.4, 0.5) is 0 Å². The molecular weight excluding hydrogens is 388 g/mol. The van der Waals surface area contributed by atoms with E-state index in [1.807, 2.05) is 41.8 Å². The molecule has 0 unspecified atom stereocenters. The molecule has 0 saturated heterocycles. The molecule has 0 fully saturated rings. The van der Waals surface area contributed by atoms with Gasteiger partial charge in [-0.15, -0.1) is 11.3 Å². The lowest BCUT2D eigenvalue weighted by Gasteiger charge is -2.04. The van der Waals surface area contributed by atoms with E-state index < -0.39 is 0 Å². The normalized spacial score (nSPS) is 11.1. The maximum Gasteiger partial charge on any atom is 0.299 e. The molecule has 6 nitrogen and oxygen atoms in total. The topological polar surface area (TPSA) is 74.5 Å². The fourth-order valence-electron chi connectivity index (χ4n) is 3.27. The molecule has 0 aliphatic rings. The van der Waals surface area contributed by atoms with Crippen molar-refractivity contribution >= 4 is 39.7 Å². The fraction of sp³-hybridized carbons (Fsp3) is 0.0455. The molecule has 0 aliphatic heterocycles. The van der Waals surface area contributed by atoms with E-state index in [1.54, 1.807) is 19.2 Å². The van der Waals surface area contributed by atoms with Gasteiger partial charge >= 0.3 is 0 Å². The van der Waals surface area contributed by atoms with Crippen LogP contribution in [0.15, 0.2) is 64.4 Å². The Balaban J connectivity index is 1.62. The Hall–Kier alpha value is -3.71. The van der Waals surface area contributed by atoms with Crippen LogP contribution in [0, 0.1) is 0 Å². The Morgan fingerprint density at radius 2 is 1.90 bits per heavy atom. The van der Waals surface area contributed by atoms with E-state index in [1.165, 1.54) is 11.3 Å². The Labute approximate surface area is 169 Å². The van der Waals surface area contributed by atoms with E-state index in [4.69, 9.17) is 18.9 Å². The van der Waals surface area contributed by atoms with Crippen molar-refractivity contribution < 1.29 is 18.7 Å². The van der Waals surface area contributed by atoms with Crippen LogP contribution in [0.1, 0.15) is 0 Å². The van der Waals surface area contributed by atoms with Crippen molar-refractivity contribution in [3.63, 3.8) is 0 Å². The third-order valence-electron chi connectivity index (χ3n) is 4.57. The maximum atomic E-state index is 10.6. The highest BCUT2D eigenvalue weighted by Crippen LogP contribution is 2.39. The number of carbonyl (C=O) groups is 1. The van der Waals surface area contributed by atoms with Crippen molar-refractivity contribution in [3.8, 4) is 33.6 Å². The van der Waals surface area contributed by atoms with Crippen LogP contribution >= 0.6 is 11.3 Å². The van der Waals surface area contributed by atoms with E-state index >= 15 is 0 Å². The largest absolute Gasteiger partial charge is 0.493 e. The number of hydrogen-bond acceptors (Lipinski definition) is 7. The maximum absolute atomic E-state index is 10.6. The van der Waals surface area contributed by atoms with Gasteiger partial charge in [0.25, 0.3) is 6.47 Å². The molecule has 5 aromatic rings. The van der Waals surface area contributed by atoms with Crippen molar-refractivity contribution in [3.05, 3.63) is 60.0 Å². The van der Waals surface area contributed by atoms with Crippen molar-refractivity contribution in [2.24, 2.45) is 0 Å². The minimum Gasteiger partial charge on any atom is -0.493 e. The molecule has 29 heavy (non-hydrogen) atoms. The lowest BCUT2D eigenvalue weighted by molar-refractivity contribution is -0.120. The van der Waals surface area contributed by atoms with Gasteiger partial charge in [0.1, 0.15) is 16.3 Å². The highest BCUT2D eigenvalue weighted by molar-refractivity contribution is 7.13. The summed E-state index contributed by atoms with van der Waals surface area (Å²) in [7, 11) is 1.63. The number of thiazole rings is 1. The molecular formula is C22H14N2O4S. The van der Waals surface area contributed by atoms with Gasteiger partial charge in [-0.3, -0.25) is 4.79 Å². The number of hydrogen-bond donors (Lipinski definition) is 0. The van der Waals surface area contributed by atoms with Crippen LogP contribution < -0.4 is 9.47 Å². The number of ether oxygens (including phenoxy) is 2. The first-order valence-corrected chi connectivity index (χ1v) is 9.67. The molecule has 5 rings (SSSR count). The Kier molecular flexibility index (Phi) is 4.22. The average Bonchev–Trinajstić information content (AvgIpc) is 3.39. The highest BCUT2D eigenvalue weighted by atomic mass is 32.1. The molecule has 0 aliphatic carbocycles. The zero-order valence-corrected chi connectivity index (χ0v) is 16.1. The lowest BCUT2D eigenvalue weighted by atomic mass is 10.1. The number of pyridine rings is 1. The van der Waals surface area contributed by atoms with Gasteiger partial charge in [-0.2, -0.15) is 0 Å². The molecule has 0 atom stereocenters. The summed E-state index contributed by atoms with van der Waals surface area (Å²) in [6.07, 6.45) is 0. The Morgan fingerprint density at radius 1 is 1.00 bits per heavy atom. The summed E-state index contributed by atoms with van der Waals surface area (Å²) in [6.45, 7) is 0.356. The van der Waals surface area contributed by atoms with E-state index in [2.05, 4.69) is 11.1 Å². The summed E-state index contributed by atoms with van der Waals surface area (Å²) in [5.41, 5.74) is 3.80. The molecule has 0 radical (unpaired) electrons. The smallest absolute Gasteiger partial charge is 0.299 e. The van der Waals surface area contributed by atoms with Crippen LogP contribution in [0.25, 0.3) is 43.9 Å². The quantitative estimate of drug-likeness (QED) is 0.371. The number of rotatable bonds is 5. The van der Waals surface area contributed by atoms with Crippen molar-refractivity contribution in [2.75, 3.05) is 7.11 Å². The number of aromatic nitrogens is 2. The van der Waals surface area contributed by atoms with Gasteiger partial charge < -0.3 is 13.9 Å². The number of benzene rings is 2. The molecule has 3 heterocycles. The molecule has 0 bridgehead atoms. The van der Waals surface area contributed by atoms with Gasteiger partial charge in [0.15, 0.2) is 11.3 Å². The zero-order valence-electron chi connectivity index (χ0n) is 15.3. The summed E-state index contributed by atoms with van der Waals surface area (Å²) < 4.78 is 16.4. The number of furan rings is 1. The second-order valence-electron chi connectivity index (χ2n) is 6.27. The lowest BCUT2D eigenvalue weighted by Crippen LogP contribution is -1.93. The highest BCUT2D eigenvalue weighted by Gasteiger charge is 2.16. The molecule has 0 N–H and O–H groups in total. The van der Waals surface area contributed by atoms with Gasteiger partial charge in [-0.25, -0.2) is 9.97 Å². The van der Waals surface area contributed by atoms with E-state index in [9.17, 15) is 4.79 Å². The van der Waals surface area contributed by atoms with Crippen LogP contribution in [-0.2, 0) is 4.79 Å². The van der Waals surface area contributed by atoms with Crippen LogP contribution in [-0.4, -0.2) is 23.5 Å². The molecule has 0 saturated carbocycles. The average molecular weight is 402 g/mol. The summed E-state index contributed by atoms with van der Waals surface area (Å²) in [4.78, 5) is 19.6. The molecule has 7 heteroatoms. The van der Waals surface area contributed by atoms with E-state index in [0.717, 1.165) is 32.5 Å². The second-order valence-corrected chi connectivity index (χ2v) is 7.12. The van der Waals surface area contributed by atoms with Crippen LogP contribution in [0.2, 0.25) is 0 Å². The monoisotopic (exact) mass is 402 g/mol. The summed E-state index contributed by atoms with van der Waals surface area (Å²) in [6, 6.07) is 17.1. The van der Waals surface area contributed by atoms with Crippen molar-refractivity contribution in [1.29, 1.82) is 0 Å². The van der Waals surface area contributed by atoms with Gasteiger partial charge in [0, 0.05) is 27.8 Å². The molecule has 0 amide bonds. The summed E-state index contributed by atoms with van der Waals surface area (Å²) in [5.74, 6) is 0.893. The standard InChI is InChI=1S/C22H14N2O4S/c1-26-19-10-13(9-15-14-5-2-3-7-18(14)28-21(15)19)22-24-17(11-29-22)16-6-4-8-20(23-16)27-12-25/h2-12H,1H3. The third-order valence-corrected chi connectivity index (χ3v) is 5.46. The fourth-order valence-corrected chi connectivity index (χ4v) is 4.07. The minimum atomic E-state index is 0.236. The van der Waals surface area contributed by atoms with Crippen LogP contribution in [0.5, 0.6) is 11.6 Å². The first kappa shape index (κ1) is 17.4. The van der Waals surface area contributed by atoms with Crippen molar-refractivity contribution in [1.82, 2.24) is 9.97 Å². The Morgan fingerprint density at radius 3 is 2.76 bits per heavy atom. The molecule has 3 aromatic heterocycles. The van der Waals surface area contributed by atoms with Gasteiger partial charge in [0.05, 0.1) is 12.8 Å². The van der Waals surface area contributed by atoms with Gasteiger partial charge in [-0.05, 0) is 24.3 Å².